The molecule has 1 aromatic rings. The Morgan fingerprint density at radius 2 is 2.05 bits per heavy atom. The molecule has 0 aromatic carbocycles. The fraction of sp³-hybridized carbons (Fsp3) is 0.688. The zero-order valence-corrected chi connectivity index (χ0v) is 13.4. The molecule has 3 rings (SSSR count). The average molecular weight is 303 g/mol. The Balaban J connectivity index is 1.88. The van der Waals surface area contributed by atoms with E-state index in [0.717, 1.165) is 74.8 Å². The van der Waals surface area contributed by atoms with E-state index in [-0.39, 0.29) is 5.92 Å². The van der Waals surface area contributed by atoms with Crippen LogP contribution in [0.25, 0.3) is 0 Å². The van der Waals surface area contributed by atoms with Crippen molar-refractivity contribution in [2.45, 2.75) is 45.7 Å². The van der Waals surface area contributed by atoms with Gasteiger partial charge in [0, 0.05) is 44.6 Å². The normalized spacial score (nSPS) is 19.1. The predicted octanol–water partition coefficient (Wildman–Crippen LogP) is 1.36. The van der Waals surface area contributed by atoms with Crippen molar-refractivity contribution in [3.8, 4) is 0 Å². The van der Waals surface area contributed by atoms with Gasteiger partial charge in [-0.05, 0) is 26.7 Å². The molecule has 120 valence electrons. The fourth-order valence-corrected chi connectivity index (χ4v) is 3.09. The first-order valence-electron chi connectivity index (χ1n) is 8.24. The van der Waals surface area contributed by atoms with E-state index in [1.54, 1.807) is 0 Å². The summed E-state index contributed by atoms with van der Waals surface area (Å²) in [6.07, 6.45) is 3.84. The second kappa shape index (κ2) is 6.60. The highest BCUT2D eigenvalue weighted by Gasteiger charge is 2.25. The molecule has 0 bridgehead atoms. The van der Waals surface area contributed by atoms with Crippen LogP contribution >= 0.6 is 0 Å². The second-order valence-electron chi connectivity index (χ2n) is 6.48. The lowest BCUT2D eigenvalue weighted by molar-refractivity contribution is -0.111. The number of nitrogens with zero attached hydrogens (tertiary/aromatic N) is 3. The van der Waals surface area contributed by atoms with Gasteiger partial charge in [-0.2, -0.15) is 0 Å². The highest BCUT2D eigenvalue weighted by molar-refractivity contribution is 5.63. The summed E-state index contributed by atoms with van der Waals surface area (Å²) in [5, 5.41) is 6.78. The molecule has 0 spiro atoms. The molecule has 1 saturated heterocycles. The third-order valence-corrected chi connectivity index (χ3v) is 4.32. The van der Waals surface area contributed by atoms with Crippen molar-refractivity contribution in [2.75, 3.05) is 29.9 Å². The van der Waals surface area contributed by atoms with Crippen molar-refractivity contribution in [3.05, 3.63) is 11.4 Å². The summed E-state index contributed by atoms with van der Waals surface area (Å²) >= 11 is 0. The molecule has 0 unspecified atom stereocenters. The summed E-state index contributed by atoms with van der Waals surface area (Å²) in [4.78, 5) is 23.0. The van der Waals surface area contributed by atoms with Crippen LogP contribution in [0.3, 0.4) is 0 Å². The van der Waals surface area contributed by atoms with Crippen LogP contribution in [-0.4, -0.2) is 41.9 Å². The second-order valence-corrected chi connectivity index (χ2v) is 6.48. The molecule has 0 aliphatic carbocycles. The summed E-state index contributed by atoms with van der Waals surface area (Å²) in [5.41, 5.74) is 2.17. The number of rotatable bonds is 4. The number of piperidine rings is 1. The smallest absolute Gasteiger partial charge is 0.172 e. The van der Waals surface area contributed by atoms with Gasteiger partial charge in [-0.15, -0.1) is 0 Å². The highest BCUT2D eigenvalue weighted by Crippen LogP contribution is 2.28. The Labute approximate surface area is 131 Å². The fourth-order valence-electron chi connectivity index (χ4n) is 3.09. The Morgan fingerprint density at radius 3 is 2.73 bits per heavy atom. The van der Waals surface area contributed by atoms with Crippen molar-refractivity contribution in [1.29, 1.82) is 0 Å². The first kappa shape index (κ1) is 15.2. The predicted molar refractivity (Wildman–Crippen MR) is 87.2 cm³/mol. The van der Waals surface area contributed by atoms with Gasteiger partial charge in [0.1, 0.15) is 6.29 Å². The molecule has 0 radical (unpaired) electrons. The first-order chi connectivity index (χ1) is 10.7. The van der Waals surface area contributed by atoms with Gasteiger partial charge in [0.25, 0.3) is 0 Å². The standard InChI is InChI=1S/C16H25N5O/c1-11(2)18-15-16(21-7-4-12(10-22)5-8-21)20-13-3-6-17-9-14(13)19-15/h10-12,17H,3-9H2,1-2H3,(H,18,19). The molecule has 2 aliphatic heterocycles. The molecule has 1 fully saturated rings. The maximum absolute atomic E-state index is 10.9. The van der Waals surface area contributed by atoms with Crippen molar-refractivity contribution in [1.82, 2.24) is 15.3 Å². The van der Waals surface area contributed by atoms with Gasteiger partial charge in [0.2, 0.25) is 0 Å². The van der Waals surface area contributed by atoms with E-state index in [0.29, 0.717) is 6.04 Å². The van der Waals surface area contributed by atoms with Gasteiger partial charge < -0.3 is 20.3 Å². The molecule has 2 aliphatic rings. The van der Waals surface area contributed by atoms with E-state index in [2.05, 4.69) is 29.4 Å². The number of hydrogen-bond acceptors (Lipinski definition) is 6. The van der Waals surface area contributed by atoms with Crippen LogP contribution in [0.4, 0.5) is 11.6 Å². The quantitative estimate of drug-likeness (QED) is 0.819. The molecular formula is C16H25N5O. The minimum atomic E-state index is 0.201. The van der Waals surface area contributed by atoms with Crippen molar-refractivity contribution >= 4 is 17.9 Å². The topological polar surface area (TPSA) is 70.2 Å². The third kappa shape index (κ3) is 3.21. The van der Waals surface area contributed by atoms with Gasteiger partial charge >= 0.3 is 0 Å². The summed E-state index contributed by atoms with van der Waals surface area (Å²) in [5.74, 6) is 2.04. The number of carbonyl (C=O) groups is 1. The van der Waals surface area contributed by atoms with E-state index in [1.165, 1.54) is 0 Å². The molecule has 3 heterocycles. The van der Waals surface area contributed by atoms with Crippen LogP contribution < -0.4 is 15.5 Å². The number of nitrogens with one attached hydrogen (secondary N) is 2. The van der Waals surface area contributed by atoms with Crippen LogP contribution in [-0.2, 0) is 17.8 Å². The minimum absolute atomic E-state index is 0.201. The van der Waals surface area contributed by atoms with Crippen LogP contribution in [0.2, 0.25) is 0 Å². The Hall–Kier alpha value is -1.69. The van der Waals surface area contributed by atoms with Crippen LogP contribution in [0, 0.1) is 5.92 Å². The Morgan fingerprint density at radius 1 is 1.27 bits per heavy atom. The lowest BCUT2D eigenvalue weighted by atomic mass is 9.98. The Kier molecular flexibility index (Phi) is 4.57. The molecular weight excluding hydrogens is 278 g/mol. The molecule has 22 heavy (non-hydrogen) atoms. The number of anilines is 2. The number of aromatic nitrogens is 2. The number of aldehydes is 1. The molecule has 0 saturated carbocycles. The van der Waals surface area contributed by atoms with E-state index < -0.39 is 0 Å². The van der Waals surface area contributed by atoms with Gasteiger partial charge in [-0.1, -0.05) is 0 Å². The third-order valence-electron chi connectivity index (χ3n) is 4.32. The lowest BCUT2D eigenvalue weighted by Gasteiger charge is -2.33. The molecule has 6 heteroatoms. The molecule has 2 N–H and O–H groups in total. The lowest BCUT2D eigenvalue weighted by Crippen LogP contribution is -2.36. The van der Waals surface area contributed by atoms with E-state index in [4.69, 9.17) is 9.97 Å². The summed E-state index contributed by atoms with van der Waals surface area (Å²) in [6.45, 7) is 7.74. The van der Waals surface area contributed by atoms with Gasteiger partial charge in [0.05, 0.1) is 11.4 Å². The molecule has 0 amide bonds. The molecule has 6 nitrogen and oxygen atoms in total. The SMILES string of the molecule is CC(C)Nc1nc2c(nc1N1CCC(C=O)CC1)CCNC2. The number of carbonyl (C=O) groups excluding carboxylic acids is 1. The van der Waals surface area contributed by atoms with Gasteiger partial charge in [-0.25, -0.2) is 9.97 Å². The van der Waals surface area contributed by atoms with E-state index in [1.807, 2.05) is 0 Å². The van der Waals surface area contributed by atoms with Gasteiger partial charge in [-0.3, -0.25) is 0 Å². The monoisotopic (exact) mass is 303 g/mol. The summed E-state index contributed by atoms with van der Waals surface area (Å²) in [6, 6.07) is 0.315. The maximum atomic E-state index is 10.9. The number of hydrogen-bond donors (Lipinski definition) is 2. The largest absolute Gasteiger partial charge is 0.365 e. The van der Waals surface area contributed by atoms with Crippen LogP contribution in [0.1, 0.15) is 38.1 Å². The minimum Gasteiger partial charge on any atom is -0.365 e. The van der Waals surface area contributed by atoms with E-state index >= 15 is 0 Å². The van der Waals surface area contributed by atoms with Crippen molar-refractivity contribution in [3.63, 3.8) is 0 Å². The summed E-state index contributed by atoms with van der Waals surface area (Å²) in [7, 11) is 0. The van der Waals surface area contributed by atoms with Gasteiger partial charge in [0.15, 0.2) is 11.6 Å². The molecule has 0 atom stereocenters. The number of fused-ring (bicyclic) bond motifs is 1. The van der Waals surface area contributed by atoms with Crippen molar-refractivity contribution < 1.29 is 4.79 Å². The molecule has 1 aromatic heterocycles. The highest BCUT2D eigenvalue weighted by atomic mass is 16.1. The van der Waals surface area contributed by atoms with Crippen LogP contribution in [0.5, 0.6) is 0 Å². The van der Waals surface area contributed by atoms with E-state index in [9.17, 15) is 4.79 Å². The Bertz CT molecular complexity index is 538. The zero-order chi connectivity index (χ0) is 15.5. The first-order valence-corrected chi connectivity index (χ1v) is 8.24. The average Bonchev–Trinajstić information content (AvgIpc) is 2.54. The summed E-state index contributed by atoms with van der Waals surface area (Å²) < 4.78 is 0. The van der Waals surface area contributed by atoms with Crippen molar-refractivity contribution in [2.24, 2.45) is 5.92 Å². The maximum Gasteiger partial charge on any atom is 0.172 e. The van der Waals surface area contributed by atoms with Crippen LogP contribution in [0.15, 0.2) is 0 Å². The zero-order valence-electron chi connectivity index (χ0n) is 13.4.